The van der Waals surface area contributed by atoms with Gasteiger partial charge in [0.05, 0.1) is 5.69 Å². The zero-order valence-corrected chi connectivity index (χ0v) is 12.4. The summed E-state index contributed by atoms with van der Waals surface area (Å²) in [5.41, 5.74) is 2.44. The molecule has 0 unspecified atom stereocenters. The van der Waals surface area contributed by atoms with Gasteiger partial charge in [0.15, 0.2) is 0 Å². The van der Waals surface area contributed by atoms with Crippen LogP contribution in [0.4, 0.5) is 0 Å². The lowest BCUT2D eigenvalue weighted by atomic mass is 10.2. The standard InChI is InChI=1S/C15H26N4/c1-13(2)16-10-14-4-5-15(17-11-14)12-19-8-6-18(3)7-9-19/h4-5,11,13,16H,6-10,12H2,1-3H3. The van der Waals surface area contributed by atoms with Gasteiger partial charge in [-0.05, 0) is 18.7 Å². The van der Waals surface area contributed by atoms with E-state index < -0.39 is 0 Å². The van der Waals surface area contributed by atoms with Gasteiger partial charge < -0.3 is 10.2 Å². The molecule has 0 atom stereocenters. The Morgan fingerprint density at radius 3 is 2.53 bits per heavy atom. The first-order chi connectivity index (χ1) is 9.13. The fraction of sp³-hybridized carbons (Fsp3) is 0.667. The van der Waals surface area contributed by atoms with Gasteiger partial charge in [0.25, 0.3) is 0 Å². The highest BCUT2D eigenvalue weighted by atomic mass is 15.2. The zero-order valence-electron chi connectivity index (χ0n) is 12.4. The van der Waals surface area contributed by atoms with E-state index in [0.29, 0.717) is 6.04 Å². The van der Waals surface area contributed by atoms with E-state index in [0.717, 1.165) is 39.3 Å². The van der Waals surface area contributed by atoms with Crippen molar-refractivity contribution in [1.29, 1.82) is 0 Å². The van der Waals surface area contributed by atoms with Crippen LogP contribution in [0.2, 0.25) is 0 Å². The van der Waals surface area contributed by atoms with Crippen LogP contribution in [0.3, 0.4) is 0 Å². The first-order valence-corrected chi connectivity index (χ1v) is 7.21. The maximum atomic E-state index is 4.57. The average molecular weight is 262 g/mol. The number of rotatable bonds is 5. The molecule has 1 N–H and O–H groups in total. The molecule has 19 heavy (non-hydrogen) atoms. The molecular formula is C15H26N4. The van der Waals surface area contributed by atoms with E-state index in [4.69, 9.17) is 0 Å². The molecule has 1 aromatic rings. The highest BCUT2D eigenvalue weighted by Crippen LogP contribution is 2.07. The fourth-order valence-electron chi connectivity index (χ4n) is 2.21. The molecule has 0 aliphatic carbocycles. The number of hydrogen-bond acceptors (Lipinski definition) is 4. The van der Waals surface area contributed by atoms with Crippen LogP contribution in [-0.4, -0.2) is 54.1 Å². The first kappa shape index (κ1) is 14.4. The minimum Gasteiger partial charge on any atom is -0.310 e. The smallest absolute Gasteiger partial charge is 0.0544 e. The summed E-state index contributed by atoms with van der Waals surface area (Å²) in [4.78, 5) is 9.43. The van der Waals surface area contributed by atoms with E-state index >= 15 is 0 Å². The molecule has 0 radical (unpaired) electrons. The molecule has 4 heteroatoms. The topological polar surface area (TPSA) is 31.4 Å². The monoisotopic (exact) mass is 262 g/mol. The van der Waals surface area contributed by atoms with Crippen LogP contribution in [0, 0.1) is 0 Å². The van der Waals surface area contributed by atoms with Gasteiger partial charge in [-0.15, -0.1) is 0 Å². The summed E-state index contributed by atoms with van der Waals surface area (Å²) in [6, 6.07) is 4.87. The van der Waals surface area contributed by atoms with Gasteiger partial charge in [0, 0.05) is 51.5 Å². The molecule has 1 saturated heterocycles. The molecule has 1 aliphatic rings. The van der Waals surface area contributed by atoms with Crippen LogP contribution < -0.4 is 5.32 Å². The van der Waals surface area contributed by atoms with Gasteiger partial charge >= 0.3 is 0 Å². The molecule has 0 bridgehead atoms. The lowest BCUT2D eigenvalue weighted by Gasteiger charge is -2.32. The fourth-order valence-corrected chi connectivity index (χ4v) is 2.21. The van der Waals surface area contributed by atoms with Gasteiger partial charge in [-0.3, -0.25) is 9.88 Å². The Morgan fingerprint density at radius 2 is 1.95 bits per heavy atom. The van der Waals surface area contributed by atoms with Crippen LogP contribution in [0.1, 0.15) is 25.1 Å². The average Bonchev–Trinajstić information content (AvgIpc) is 2.40. The number of hydrogen-bond donors (Lipinski definition) is 1. The van der Waals surface area contributed by atoms with Crippen molar-refractivity contribution in [3.63, 3.8) is 0 Å². The van der Waals surface area contributed by atoms with Crippen molar-refractivity contribution in [1.82, 2.24) is 20.1 Å². The molecule has 1 fully saturated rings. The SMILES string of the molecule is CC(C)NCc1ccc(CN2CCN(C)CC2)nc1. The molecule has 1 aliphatic heterocycles. The van der Waals surface area contributed by atoms with Crippen LogP contribution >= 0.6 is 0 Å². The molecule has 0 amide bonds. The molecule has 0 saturated carbocycles. The van der Waals surface area contributed by atoms with Gasteiger partial charge in [-0.2, -0.15) is 0 Å². The summed E-state index contributed by atoms with van der Waals surface area (Å²) in [7, 11) is 2.19. The van der Waals surface area contributed by atoms with Crippen molar-refractivity contribution in [2.75, 3.05) is 33.2 Å². The molecule has 2 rings (SSSR count). The van der Waals surface area contributed by atoms with Crippen molar-refractivity contribution < 1.29 is 0 Å². The Hall–Kier alpha value is -0.970. The summed E-state index contributed by atoms with van der Waals surface area (Å²) in [5, 5.41) is 3.41. The predicted molar refractivity (Wildman–Crippen MR) is 79.0 cm³/mol. The van der Waals surface area contributed by atoms with E-state index in [1.54, 1.807) is 0 Å². The third kappa shape index (κ3) is 4.90. The number of aromatic nitrogens is 1. The number of nitrogens with one attached hydrogen (secondary N) is 1. The molecule has 2 heterocycles. The summed E-state index contributed by atoms with van der Waals surface area (Å²) in [5.74, 6) is 0. The second-order valence-corrected chi connectivity index (χ2v) is 5.77. The Labute approximate surface area is 116 Å². The third-order valence-electron chi connectivity index (χ3n) is 3.58. The van der Waals surface area contributed by atoms with Crippen molar-refractivity contribution in [2.45, 2.75) is 33.0 Å². The minimum atomic E-state index is 0.519. The summed E-state index contributed by atoms with van der Waals surface area (Å²) in [6.45, 7) is 10.8. The predicted octanol–water partition coefficient (Wildman–Crippen LogP) is 1.33. The second-order valence-electron chi connectivity index (χ2n) is 5.77. The van der Waals surface area contributed by atoms with E-state index in [1.807, 2.05) is 6.20 Å². The lowest BCUT2D eigenvalue weighted by Crippen LogP contribution is -2.44. The van der Waals surface area contributed by atoms with Crippen molar-refractivity contribution >= 4 is 0 Å². The molecule has 1 aromatic heterocycles. The Morgan fingerprint density at radius 1 is 1.21 bits per heavy atom. The first-order valence-electron chi connectivity index (χ1n) is 7.21. The van der Waals surface area contributed by atoms with E-state index in [2.05, 4.69) is 53.1 Å². The molecular weight excluding hydrogens is 236 g/mol. The van der Waals surface area contributed by atoms with Crippen molar-refractivity contribution in [2.24, 2.45) is 0 Å². The minimum absolute atomic E-state index is 0.519. The van der Waals surface area contributed by atoms with Gasteiger partial charge in [-0.1, -0.05) is 19.9 Å². The molecule has 0 spiro atoms. The normalized spacial score (nSPS) is 18.1. The largest absolute Gasteiger partial charge is 0.310 e. The second kappa shape index (κ2) is 6.98. The number of likely N-dealkylation sites (N-methyl/N-ethyl adjacent to an activating group) is 1. The summed E-state index contributed by atoms with van der Waals surface area (Å²) < 4.78 is 0. The van der Waals surface area contributed by atoms with Gasteiger partial charge in [-0.25, -0.2) is 0 Å². The maximum Gasteiger partial charge on any atom is 0.0544 e. The van der Waals surface area contributed by atoms with Crippen LogP contribution in [-0.2, 0) is 13.1 Å². The highest BCUT2D eigenvalue weighted by molar-refractivity contribution is 5.14. The van der Waals surface area contributed by atoms with Crippen LogP contribution in [0.5, 0.6) is 0 Å². The van der Waals surface area contributed by atoms with Gasteiger partial charge in [0.1, 0.15) is 0 Å². The Bertz CT molecular complexity index is 366. The zero-order chi connectivity index (χ0) is 13.7. The van der Waals surface area contributed by atoms with E-state index in [1.165, 1.54) is 11.3 Å². The summed E-state index contributed by atoms with van der Waals surface area (Å²) in [6.07, 6.45) is 2.00. The molecule has 0 aromatic carbocycles. The Balaban J connectivity index is 1.81. The third-order valence-corrected chi connectivity index (χ3v) is 3.58. The molecule has 106 valence electrons. The van der Waals surface area contributed by atoms with E-state index in [-0.39, 0.29) is 0 Å². The van der Waals surface area contributed by atoms with Crippen LogP contribution in [0.15, 0.2) is 18.3 Å². The summed E-state index contributed by atoms with van der Waals surface area (Å²) >= 11 is 0. The number of pyridine rings is 1. The van der Waals surface area contributed by atoms with Crippen LogP contribution in [0.25, 0.3) is 0 Å². The Kier molecular flexibility index (Phi) is 5.31. The van der Waals surface area contributed by atoms with Gasteiger partial charge in [0.2, 0.25) is 0 Å². The number of piperazine rings is 1. The maximum absolute atomic E-state index is 4.57. The lowest BCUT2D eigenvalue weighted by molar-refractivity contribution is 0.147. The van der Waals surface area contributed by atoms with E-state index in [9.17, 15) is 0 Å². The van der Waals surface area contributed by atoms with Crippen molar-refractivity contribution in [3.05, 3.63) is 29.6 Å². The molecule has 4 nitrogen and oxygen atoms in total. The number of nitrogens with zero attached hydrogens (tertiary/aromatic N) is 3. The quantitative estimate of drug-likeness (QED) is 0.867. The van der Waals surface area contributed by atoms with Crippen molar-refractivity contribution in [3.8, 4) is 0 Å². The highest BCUT2D eigenvalue weighted by Gasteiger charge is 2.14.